The second-order valence-corrected chi connectivity index (χ2v) is 10.4. The summed E-state index contributed by atoms with van der Waals surface area (Å²) in [7, 11) is 1.89. The fourth-order valence-electron chi connectivity index (χ4n) is 5.58. The maximum atomic E-state index is 14.7. The number of aryl methyl sites for hydroxylation is 1. The maximum absolute atomic E-state index is 14.7. The summed E-state index contributed by atoms with van der Waals surface area (Å²) in [5, 5.41) is 12.5. The molecule has 1 atom stereocenters. The SMILES string of the molecule is CC[C@@]1(C)C(=O)OCc2c1cc1n(c2=O)Cc2c-1nc1cc(F)c(C)cc1c2Cn1cc(CCNC)nn1. The molecule has 0 unspecified atom stereocenters. The zero-order valence-corrected chi connectivity index (χ0v) is 21.9. The number of carbonyl (C=O) groups is 1. The summed E-state index contributed by atoms with van der Waals surface area (Å²) in [4.78, 5) is 31.3. The fraction of sp³-hybridized carbons (Fsp3) is 0.393. The molecule has 1 aromatic carbocycles. The van der Waals surface area contributed by atoms with E-state index < -0.39 is 5.41 Å². The molecule has 0 bridgehead atoms. The number of rotatable bonds is 6. The molecule has 0 saturated carbocycles. The average molecular weight is 517 g/mol. The predicted molar refractivity (Wildman–Crippen MR) is 139 cm³/mol. The summed E-state index contributed by atoms with van der Waals surface area (Å²) in [6.07, 6.45) is 3.16. The number of esters is 1. The van der Waals surface area contributed by atoms with Gasteiger partial charge in [-0.1, -0.05) is 12.1 Å². The van der Waals surface area contributed by atoms with Crippen molar-refractivity contribution in [3.63, 3.8) is 0 Å². The third kappa shape index (κ3) is 3.58. The normalized spacial score (nSPS) is 17.9. The summed E-state index contributed by atoms with van der Waals surface area (Å²) in [6.45, 7) is 6.92. The molecule has 0 radical (unpaired) electrons. The van der Waals surface area contributed by atoms with Gasteiger partial charge in [0.1, 0.15) is 12.4 Å². The van der Waals surface area contributed by atoms with E-state index in [-0.39, 0.29) is 24.0 Å². The van der Waals surface area contributed by atoms with E-state index in [0.717, 1.165) is 35.2 Å². The quantitative estimate of drug-likeness (QED) is 0.346. The van der Waals surface area contributed by atoms with Crippen LogP contribution in [0.15, 0.2) is 29.2 Å². The smallest absolute Gasteiger partial charge is 0.316 e. The second-order valence-electron chi connectivity index (χ2n) is 10.4. The zero-order chi connectivity index (χ0) is 26.8. The van der Waals surface area contributed by atoms with E-state index in [0.29, 0.717) is 53.1 Å². The Morgan fingerprint density at radius 1 is 1.21 bits per heavy atom. The van der Waals surface area contributed by atoms with Gasteiger partial charge in [-0.05, 0) is 56.1 Å². The van der Waals surface area contributed by atoms with E-state index in [4.69, 9.17) is 9.72 Å². The van der Waals surface area contributed by atoms with Crippen molar-refractivity contribution in [2.45, 2.75) is 58.7 Å². The number of nitrogens with zero attached hydrogens (tertiary/aromatic N) is 5. The highest BCUT2D eigenvalue weighted by Crippen LogP contribution is 2.41. The van der Waals surface area contributed by atoms with Crippen LogP contribution in [0.25, 0.3) is 22.3 Å². The minimum atomic E-state index is -0.918. The molecule has 2 aliphatic rings. The standard InChI is InChI=1S/C28H29FN6O3/c1-5-28(3)21-9-24-25-19(13-35(24)26(36)20(21)14-38-27(28)37)18(12-34-11-16(32-33-34)6-7-30-4)17-8-15(2)22(29)10-23(17)31-25/h8-11,30H,5-7,12-14H2,1-4H3/t28-/m1/s1. The lowest BCUT2D eigenvalue weighted by atomic mass is 9.76. The van der Waals surface area contributed by atoms with E-state index in [1.807, 2.05) is 39.2 Å². The van der Waals surface area contributed by atoms with Gasteiger partial charge in [0.25, 0.3) is 5.56 Å². The van der Waals surface area contributed by atoms with Gasteiger partial charge in [-0.25, -0.2) is 14.1 Å². The number of halogens is 1. The van der Waals surface area contributed by atoms with Gasteiger partial charge in [-0.3, -0.25) is 9.59 Å². The molecule has 0 saturated heterocycles. The summed E-state index contributed by atoms with van der Waals surface area (Å²) >= 11 is 0. The molecule has 9 nitrogen and oxygen atoms in total. The van der Waals surface area contributed by atoms with Gasteiger partial charge in [0.2, 0.25) is 0 Å². The highest BCUT2D eigenvalue weighted by atomic mass is 19.1. The van der Waals surface area contributed by atoms with Crippen LogP contribution in [0.5, 0.6) is 0 Å². The van der Waals surface area contributed by atoms with Crippen LogP contribution in [-0.4, -0.2) is 44.1 Å². The summed E-state index contributed by atoms with van der Waals surface area (Å²) in [5.74, 6) is -0.673. The van der Waals surface area contributed by atoms with Crippen LogP contribution in [0.1, 0.15) is 53.8 Å². The Kier molecular flexibility index (Phi) is 5.68. The fourth-order valence-corrected chi connectivity index (χ4v) is 5.58. The van der Waals surface area contributed by atoms with E-state index >= 15 is 0 Å². The van der Waals surface area contributed by atoms with E-state index in [9.17, 15) is 14.0 Å². The van der Waals surface area contributed by atoms with Crippen LogP contribution in [0.2, 0.25) is 0 Å². The number of ether oxygens (including phenoxy) is 1. The number of fused-ring (bicyclic) bond motifs is 5. The monoisotopic (exact) mass is 516 g/mol. The number of carbonyl (C=O) groups excluding carboxylic acids is 1. The molecular weight excluding hydrogens is 487 g/mol. The Hall–Kier alpha value is -3.92. The van der Waals surface area contributed by atoms with Crippen molar-refractivity contribution in [1.82, 2.24) is 29.9 Å². The molecular formula is C28H29FN6O3. The first-order valence-corrected chi connectivity index (χ1v) is 12.8. The molecule has 6 rings (SSSR count). The molecule has 2 aliphatic heterocycles. The van der Waals surface area contributed by atoms with Crippen LogP contribution < -0.4 is 10.9 Å². The van der Waals surface area contributed by atoms with Crippen molar-refractivity contribution in [2.75, 3.05) is 13.6 Å². The third-order valence-corrected chi connectivity index (χ3v) is 8.08. The predicted octanol–water partition coefficient (Wildman–Crippen LogP) is 3.00. The summed E-state index contributed by atoms with van der Waals surface area (Å²) < 4.78 is 23.6. The number of hydrogen-bond acceptors (Lipinski definition) is 7. The van der Waals surface area contributed by atoms with Crippen LogP contribution >= 0.6 is 0 Å². The Morgan fingerprint density at radius 2 is 2.03 bits per heavy atom. The highest BCUT2D eigenvalue weighted by molar-refractivity contribution is 5.90. The third-order valence-electron chi connectivity index (χ3n) is 8.08. The molecule has 1 N–H and O–H groups in total. The van der Waals surface area contributed by atoms with Gasteiger partial charge in [0.05, 0.1) is 46.7 Å². The summed E-state index contributed by atoms with van der Waals surface area (Å²) in [6, 6.07) is 5.16. The number of hydrogen-bond donors (Lipinski definition) is 1. The first-order chi connectivity index (χ1) is 18.2. The van der Waals surface area contributed by atoms with E-state index in [2.05, 4.69) is 15.6 Å². The number of nitrogens with one attached hydrogen (secondary N) is 1. The first kappa shape index (κ1) is 24.4. The summed E-state index contributed by atoms with van der Waals surface area (Å²) in [5.41, 5.74) is 5.05. The number of cyclic esters (lactones) is 1. The Morgan fingerprint density at radius 3 is 2.79 bits per heavy atom. The van der Waals surface area contributed by atoms with Crippen LogP contribution in [0.4, 0.5) is 4.39 Å². The Balaban J connectivity index is 1.56. The largest absolute Gasteiger partial charge is 0.460 e. The maximum Gasteiger partial charge on any atom is 0.316 e. The van der Waals surface area contributed by atoms with E-state index in [1.165, 1.54) is 6.07 Å². The van der Waals surface area contributed by atoms with Crippen molar-refractivity contribution >= 4 is 16.9 Å². The second kappa shape index (κ2) is 8.83. The van der Waals surface area contributed by atoms with Crippen LogP contribution in [-0.2, 0) is 41.1 Å². The molecule has 0 aliphatic carbocycles. The van der Waals surface area contributed by atoms with Gasteiger partial charge in [0, 0.05) is 36.2 Å². The number of benzene rings is 1. The molecule has 0 spiro atoms. The van der Waals surface area contributed by atoms with Crippen molar-refractivity contribution in [3.8, 4) is 11.4 Å². The molecule has 4 aromatic rings. The van der Waals surface area contributed by atoms with Gasteiger partial charge in [0.15, 0.2) is 0 Å². The Bertz CT molecular complexity index is 1690. The molecule has 10 heteroatoms. The van der Waals surface area contributed by atoms with Gasteiger partial charge < -0.3 is 14.6 Å². The molecule has 3 aromatic heterocycles. The lowest BCUT2D eigenvalue weighted by Crippen LogP contribution is -2.42. The lowest BCUT2D eigenvalue weighted by molar-refractivity contribution is -0.153. The minimum Gasteiger partial charge on any atom is -0.460 e. The van der Waals surface area contributed by atoms with Crippen molar-refractivity contribution in [1.29, 1.82) is 0 Å². The lowest BCUT2D eigenvalue weighted by Gasteiger charge is -2.33. The molecule has 5 heterocycles. The van der Waals surface area contributed by atoms with Crippen LogP contribution in [0, 0.1) is 12.7 Å². The van der Waals surface area contributed by atoms with Gasteiger partial charge in [-0.15, -0.1) is 5.10 Å². The van der Waals surface area contributed by atoms with Crippen molar-refractivity contribution < 1.29 is 13.9 Å². The molecule has 0 amide bonds. The number of pyridine rings is 2. The minimum absolute atomic E-state index is 0.0414. The highest BCUT2D eigenvalue weighted by Gasteiger charge is 2.43. The van der Waals surface area contributed by atoms with Crippen LogP contribution in [0.3, 0.4) is 0 Å². The van der Waals surface area contributed by atoms with Gasteiger partial charge in [-0.2, -0.15) is 0 Å². The number of aromatic nitrogens is 5. The molecule has 38 heavy (non-hydrogen) atoms. The average Bonchev–Trinajstić information content (AvgIpc) is 3.51. The van der Waals surface area contributed by atoms with Crippen molar-refractivity contribution in [2.24, 2.45) is 0 Å². The topological polar surface area (TPSA) is 104 Å². The van der Waals surface area contributed by atoms with E-state index in [1.54, 1.807) is 16.2 Å². The zero-order valence-electron chi connectivity index (χ0n) is 21.9. The molecule has 0 fully saturated rings. The first-order valence-electron chi connectivity index (χ1n) is 12.8. The van der Waals surface area contributed by atoms with Gasteiger partial charge >= 0.3 is 5.97 Å². The number of likely N-dealkylation sites (N-methyl/N-ethyl adjacent to an activating group) is 1. The Labute approximate surface area is 218 Å². The molecule has 196 valence electrons. The van der Waals surface area contributed by atoms with Crippen molar-refractivity contribution in [3.05, 3.63) is 74.1 Å².